The lowest BCUT2D eigenvalue weighted by Gasteiger charge is -2.36. The molecule has 0 bridgehead atoms. The van der Waals surface area contributed by atoms with Gasteiger partial charge in [-0.15, -0.1) is 0 Å². The van der Waals surface area contributed by atoms with Gasteiger partial charge >= 0.3 is 6.18 Å². The summed E-state index contributed by atoms with van der Waals surface area (Å²) in [6.07, 6.45) is -1.27. The minimum absolute atomic E-state index is 0.0894. The van der Waals surface area contributed by atoms with Crippen molar-refractivity contribution in [3.05, 3.63) is 0 Å². The molecule has 2 atom stereocenters. The molecule has 0 amide bonds. The molecule has 20 heavy (non-hydrogen) atoms. The van der Waals surface area contributed by atoms with Crippen LogP contribution in [0.3, 0.4) is 0 Å². The van der Waals surface area contributed by atoms with Crippen molar-refractivity contribution >= 4 is 0 Å². The Morgan fingerprint density at radius 3 is 2.70 bits per heavy atom. The van der Waals surface area contributed by atoms with Crippen molar-refractivity contribution in [3.63, 3.8) is 0 Å². The second kappa shape index (κ2) is 6.20. The van der Waals surface area contributed by atoms with Crippen LogP contribution < -0.4 is 5.32 Å². The fraction of sp³-hybridized carbons (Fsp3) is 1.00. The largest absolute Gasteiger partial charge is 0.401 e. The number of nitrogens with one attached hydrogen (secondary N) is 1. The van der Waals surface area contributed by atoms with E-state index in [1.54, 1.807) is 0 Å². The molecule has 0 aliphatic carbocycles. The third-order valence-corrected chi connectivity index (χ3v) is 4.17. The fourth-order valence-corrected chi connectivity index (χ4v) is 3.22. The highest BCUT2D eigenvalue weighted by molar-refractivity contribution is 4.85. The first-order chi connectivity index (χ1) is 9.23. The van der Waals surface area contributed by atoms with Crippen molar-refractivity contribution in [1.82, 2.24) is 10.2 Å². The van der Waals surface area contributed by atoms with Gasteiger partial charge in [0.2, 0.25) is 0 Å². The predicted molar refractivity (Wildman–Crippen MR) is 71.7 cm³/mol. The Kier molecular flexibility index (Phi) is 4.97. The van der Waals surface area contributed by atoms with Crippen molar-refractivity contribution in [1.29, 1.82) is 0 Å². The molecule has 0 aromatic rings. The molecule has 2 heterocycles. The second-order valence-electron chi connectivity index (χ2n) is 6.71. The average molecular weight is 294 g/mol. The summed E-state index contributed by atoms with van der Waals surface area (Å²) in [5.74, 6) is 0.336. The van der Waals surface area contributed by atoms with Gasteiger partial charge in [0.15, 0.2) is 0 Å². The number of hydrogen-bond donors (Lipinski definition) is 1. The number of nitrogens with zero attached hydrogens (tertiary/aromatic N) is 1. The quantitative estimate of drug-likeness (QED) is 0.862. The van der Waals surface area contributed by atoms with Crippen LogP contribution in [0.15, 0.2) is 0 Å². The van der Waals surface area contributed by atoms with E-state index < -0.39 is 12.7 Å². The summed E-state index contributed by atoms with van der Waals surface area (Å²) in [5, 5.41) is 3.51. The monoisotopic (exact) mass is 294 g/mol. The number of alkyl halides is 3. The lowest BCUT2D eigenvalue weighted by atomic mass is 9.93. The van der Waals surface area contributed by atoms with Crippen LogP contribution in [-0.2, 0) is 4.74 Å². The molecule has 118 valence electrons. The first-order valence-corrected chi connectivity index (χ1v) is 7.40. The number of hydrogen-bond acceptors (Lipinski definition) is 3. The first-order valence-electron chi connectivity index (χ1n) is 7.40. The summed E-state index contributed by atoms with van der Waals surface area (Å²) < 4.78 is 42.6. The fourth-order valence-electron chi connectivity index (χ4n) is 3.22. The van der Waals surface area contributed by atoms with Gasteiger partial charge in [-0.2, -0.15) is 13.2 Å². The molecular formula is C14H25F3N2O. The lowest BCUT2D eigenvalue weighted by molar-refractivity contribution is -0.143. The minimum atomic E-state index is -4.08. The van der Waals surface area contributed by atoms with Gasteiger partial charge in [-0.3, -0.25) is 4.90 Å². The second-order valence-corrected chi connectivity index (χ2v) is 6.71. The molecule has 2 saturated heterocycles. The van der Waals surface area contributed by atoms with Gasteiger partial charge in [0, 0.05) is 19.2 Å². The molecule has 2 fully saturated rings. The Morgan fingerprint density at radius 2 is 2.05 bits per heavy atom. The molecule has 0 aromatic heterocycles. The van der Waals surface area contributed by atoms with Crippen LogP contribution in [0.5, 0.6) is 0 Å². The van der Waals surface area contributed by atoms with Gasteiger partial charge in [-0.1, -0.05) is 0 Å². The summed E-state index contributed by atoms with van der Waals surface area (Å²) in [7, 11) is 0. The molecule has 6 heteroatoms. The zero-order valence-electron chi connectivity index (χ0n) is 12.3. The summed E-state index contributed by atoms with van der Waals surface area (Å²) in [6.45, 7) is 6.09. The standard InChI is InChI=1S/C14H25F3N2O/c1-13(2)7-12(4-6-20-13)18-8-11-3-5-19(9-11)10-14(15,16)17/h11-12,18H,3-10H2,1-2H3. The number of rotatable bonds is 4. The summed E-state index contributed by atoms with van der Waals surface area (Å²) in [5.41, 5.74) is -0.0894. The van der Waals surface area contributed by atoms with Crippen molar-refractivity contribution in [2.24, 2.45) is 5.92 Å². The summed E-state index contributed by atoms with van der Waals surface area (Å²) in [6, 6.07) is 0.426. The highest BCUT2D eigenvalue weighted by Crippen LogP contribution is 2.25. The Morgan fingerprint density at radius 1 is 1.30 bits per heavy atom. The highest BCUT2D eigenvalue weighted by Gasteiger charge is 2.35. The smallest absolute Gasteiger partial charge is 0.375 e. The van der Waals surface area contributed by atoms with Gasteiger partial charge in [-0.25, -0.2) is 0 Å². The van der Waals surface area contributed by atoms with Crippen molar-refractivity contribution in [3.8, 4) is 0 Å². The first kappa shape index (κ1) is 16.0. The summed E-state index contributed by atoms with van der Waals surface area (Å²) >= 11 is 0. The predicted octanol–water partition coefficient (Wildman–Crippen LogP) is 2.42. The van der Waals surface area contributed by atoms with Crippen molar-refractivity contribution < 1.29 is 17.9 Å². The molecule has 2 aliphatic heterocycles. The van der Waals surface area contributed by atoms with E-state index in [-0.39, 0.29) is 5.60 Å². The summed E-state index contributed by atoms with van der Waals surface area (Å²) in [4.78, 5) is 1.51. The number of halogens is 3. The van der Waals surface area contributed by atoms with Crippen LogP contribution in [0.1, 0.15) is 33.1 Å². The Balaban J connectivity index is 1.68. The van der Waals surface area contributed by atoms with Crippen LogP contribution in [0, 0.1) is 5.92 Å². The molecule has 1 N–H and O–H groups in total. The van der Waals surface area contributed by atoms with Crippen molar-refractivity contribution in [2.45, 2.75) is 50.9 Å². The van der Waals surface area contributed by atoms with E-state index in [9.17, 15) is 13.2 Å². The van der Waals surface area contributed by atoms with E-state index in [0.29, 0.717) is 25.0 Å². The van der Waals surface area contributed by atoms with E-state index in [0.717, 1.165) is 32.4 Å². The van der Waals surface area contributed by atoms with Gasteiger partial charge in [-0.05, 0) is 52.1 Å². The molecule has 2 unspecified atom stereocenters. The van der Waals surface area contributed by atoms with Crippen LogP contribution in [0.4, 0.5) is 13.2 Å². The van der Waals surface area contributed by atoms with E-state index in [1.165, 1.54) is 4.90 Å². The van der Waals surface area contributed by atoms with E-state index in [1.807, 2.05) is 0 Å². The average Bonchev–Trinajstić information content (AvgIpc) is 2.70. The van der Waals surface area contributed by atoms with Gasteiger partial charge in [0.05, 0.1) is 12.1 Å². The Bertz CT molecular complexity index is 320. The maximum atomic E-state index is 12.3. The van der Waals surface area contributed by atoms with Crippen LogP contribution in [-0.4, -0.2) is 55.5 Å². The molecule has 3 nitrogen and oxygen atoms in total. The van der Waals surface area contributed by atoms with Crippen LogP contribution >= 0.6 is 0 Å². The van der Waals surface area contributed by atoms with E-state index >= 15 is 0 Å². The topological polar surface area (TPSA) is 24.5 Å². The minimum Gasteiger partial charge on any atom is -0.375 e. The molecule has 0 saturated carbocycles. The van der Waals surface area contributed by atoms with Gasteiger partial charge in [0.1, 0.15) is 0 Å². The zero-order chi connectivity index (χ0) is 14.8. The zero-order valence-corrected chi connectivity index (χ0v) is 12.3. The highest BCUT2D eigenvalue weighted by atomic mass is 19.4. The third-order valence-electron chi connectivity index (χ3n) is 4.17. The third kappa shape index (κ3) is 5.22. The van der Waals surface area contributed by atoms with Crippen molar-refractivity contribution in [2.75, 3.05) is 32.8 Å². The van der Waals surface area contributed by atoms with Gasteiger partial charge in [0.25, 0.3) is 0 Å². The van der Waals surface area contributed by atoms with E-state index in [2.05, 4.69) is 19.2 Å². The Hall–Kier alpha value is -0.330. The van der Waals surface area contributed by atoms with E-state index in [4.69, 9.17) is 4.74 Å². The molecule has 0 spiro atoms. The Labute approximate surface area is 118 Å². The molecular weight excluding hydrogens is 269 g/mol. The molecule has 0 aromatic carbocycles. The van der Waals surface area contributed by atoms with Gasteiger partial charge < -0.3 is 10.1 Å². The molecule has 0 radical (unpaired) electrons. The van der Waals surface area contributed by atoms with Crippen LogP contribution in [0.2, 0.25) is 0 Å². The molecule has 2 aliphatic rings. The number of likely N-dealkylation sites (tertiary alicyclic amines) is 1. The number of ether oxygens (including phenoxy) is 1. The normalized spacial score (nSPS) is 31.6. The van der Waals surface area contributed by atoms with Crippen LogP contribution in [0.25, 0.3) is 0 Å². The molecule has 2 rings (SSSR count). The maximum absolute atomic E-state index is 12.3. The SMILES string of the molecule is CC1(C)CC(NCC2CCN(CC(F)(F)F)C2)CCO1. The maximum Gasteiger partial charge on any atom is 0.401 e. The lowest BCUT2D eigenvalue weighted by Crippen LogP contribution is -2.45.